The van der Waals surface area contributed by atoms with E-state index in [0.717, 1.165) is 6.54 Å². The summed E-state index contributed by atoms with van der Waals surface area (Å²) >= 11 is 5.14. The van der Waals surface area contributed by atoms with Crippen LogP contribution < -0.4 is 5.73 Å². The Kier molecular flexibility index (Phi) is 3.07. The van der Waals surface area contributed by atoms with Crippen LogP contribution in [0.2, 0.25) is 0 Å². The smallest absolute Gasteiger partial charge is 0.0802 e. The highest BCUT2D eigenvalue weighted by atomic mass is 32.1. The van der Waals surface area contributed by atoms with E-state index < -0.39 is 0 Å². The van der Waals surface area contributed by atoms with Gasteiger partial charge in [-0.15, -0.1) is 0 Å². The third-order valence-electron chi connectivity index (χ3n) is 2.70. The van der Waals surface area contributed by atoms with Gasteiger partial charge in [-0.3, -0.25) is 0 Å². The summed E-state index contributed by atoms with van der Waals surface area (Å²) in [5.74, 6) is 0. The molecule has 0 saturated heterocycles. The first-order valence-electron chi connectivity index (χ1n) is 4.51. The first-order valence-corrected chi connectivity index (χ1v) is 4.92. The Morgan fingerprint density at radius 2 is 1.92 bits per heavy atom. The molecule has 1 saturated carbocycles. The zero-order valence-corrected chi connectivity index (χ0v) is 8.78. The van der Waals surface area contributed by atoms with Crippen LogP contribution in [0.25, 0.3) is 0 Å². The lowest BCUT2D eigenvalue weighted by atomic mass is 9.86. The van der Waals surface area contributed by atoms with Gasteiger partial charge < -0.3 is 10.6 Å². The van der Waals surface area contributed by atoms with E-state index in [4.69, 9.17) is 18.0 Å². The normalized spacial score (nSPS) is 21.6. The molecule has 0 spiro atoms. The fourth-order valence-electron chi connectivity index (χ4n) is 2.14. The lowest BCUT2D eigenvalue weighted by Crippen LogP contribution is -2.41. The highest BCUT2D eigenvalue weighted by molar-refractivity contribution is 7.80. The maximum absolute atomic E-state index is 5.79. The summed E-state index contributed by atoms with van der Waals surface area (Å²) in [5, 5.41) is 0. The van der Waals surface area contributed by atoms with Gasteiger partial charge in [0.2, 0.25) is 0 Å². The minimum Gasteiger partial charge on any atom is -0.393 e. The van der Waals surface area contributed by atoms with Gasteiger partial charge in [-0.05, 0) is 26.9 Å². The zero-order chi connectivity index (χ0) is 9.19. The van der Waals surface area contributed by atoms with Crippen molar-refractivity contribution in [3.63, 3.8) is 0 Å². The highest BCUT2D eigenvalue weighted by Gasteiger charge is 2.36. The van der Waals surface area contributed by atoms with E-state index in [2.05, 4.69) is 19.0 Å². The number of nitrogens with two attached hydrogens (primary N) is 1. The summed E-state index contributed by atoms with van der Waals surface area (Å²) in [5.41, 5.74) is 5.94. The standard InChI is InChI=1S/C9H18N2S/c1-11(2)7-9(8(10)12)5-3-4-6-9/h3-7H2,1-2H3,(H2,10,12). The monoisotopic (exact) mass is 186 g/mol. The van der Waals surface area contributed by atoms with Crippen LogP contribution in [0.4, 0.5) is 0 Å². The van der Waals surface area contributed by atoms with Crippen molar-refractivity contribution in [3.05, 3.63) is 0 Å². The molecule has 0 aromatic rings. The van der Waals surface area contributed by atoms with E-state index in [1.807, 2.05) is 0 Å². The Morgan fingerprint density at radius 3 is 2.25 bits per heavy atom. The molecule has 0 aromatic heterocycles. The van der Waals surface area contributed by atoms with Gasteiger partial charge in [0.1, 0.15) is 0 Å². The van der Waals surface area contributed by atoms with Gasteiger partial charge in [0.15, 0.2) is 0 Å². The molecule has 3 heteroatoms. The van der Waals surface area contributed by atoms with Crippen LogP contribution in [0.3, 0.4) is 0 Å². The van der Waals surface area contributed by atoms with Crippen LogP contribution in [0.1, 0.15) is 25.7 Å². The Labute approximate surface area is 80.1 Å². The van der Waals surface area contributed by atoms with E-state index in [-0.39, 0.29) is 5.41 Å². The van der Waals surface area contributed by atoms with Crippen LogP contribution in [0.15, 0.2) is 0 Å². The summed E-state index contributed by atoms with van der Waals surface area (Å²) in [6.45, 7) is 1.02. The largest absolute Gasteiger partial charge is 0.393 e. The van der Waals surface area contributed by atoms with Crippen molar-refractivity contribution in [3.8, 4) is 0 Å². The molecule has 1 fully saturated rings. The molecule has 70 valence electrons. The Hall–Kier alpha value is -0.150. The van der Waals surface area contributed by atoms with Crippen molar-refractivity contribution in [2.24, 2.45) is 11.1 Å². The molecule has 0 amide bonds. The van der Waals surface area contributed by atoms with Crippen molar-refractivity contribution in [1.29, 1.82) is 0 Å². The number of thiocarbonyl (C=S) groups is 1. The summed E-state index contributed by atoms with van der Waals surface area (Å²) in [4.78, 5) is 2.90. The molecule has 12 heavy (non-hydrogen) atoms. The average Bonchev–Trinajstić information content (AvgIpc) is 2.35. The van der Waals surface area contributed by atoms with Crippen molar-refractivity contribution in [2.75, 3.05) is 20.6 Å². The van der Waals surface area contributed by atoms with Gasteiger partial charge in [-0.1, -0.05) is 25.1 Å². The van der Waals surface area contributed by atoms with Crippen molar-refractivity contribution < 1.29 is 0 Å². The SMILES string of the molecule is CN(C)CC1(C(N)=S)CCCC1. The molecule has 1 aliphatic carbocycles. The molecule has 0 bridgehead atoms. The second-order valence-electron chi connectivity index (χ2n) is 4.09. The van der Waals surface area contributed by atoms with E-state index in [9.17, 15) is 0 Å². The summed E-state index contributed by atoms with van der Waals surface area (Å²) in [6, 6.07) is 0. The molecule has 0 aromatic carbocycles. The predicted octanol–water partition coefficient (Wildman–Crippen LogP) is 1.39. The minimum absolute atomic E-state index is 0.152. The quantitative estimate of drug-likeness (QED) is 0.675. The molecule has 0 unspecified atom stereocenters. The maximum Gasteiger partial charge on any atom is 0.0802 e. The van der Waals surface area contributed by atoms with E-state index in [1.165, 1.54) is 25.7 Å². The molecule has 1 aliphatic rings. The topological polar surface area (TPSA) is 29.3 Å². The first kappa shape index (κ1) is 9.93. The third-order valence-corrected chi connectivity index (χ3v) is 3.14. The van der Waals surface area contributed by atoms with E-state index in [0.29, 0.717) is 4.99 Å². The molecule has 1 rings (SSSR count). The lowest BCUT2D eigenvalue weighted by Gasteiger charge is -2.30. The van der Waals surface area contributed by atoms with E-state index >= 15 is 0 Å². The van der Waals surface area contributed by atoms with Crippen LogP contribution >= 0.6 is 12.2 Å². The number of hydrogen-bond acceptors (Lipinski definition) is 2. The van der Waals surface area contributed by atoms with Gasteiger partial charge in [-0.2, -0.15) is 0 Å². The van der Waals surface area contributed by atoms with Crippen molar-refractivity contribution >= 4 is 17.2 Å². The van der Waals surface area contributed by atoms with Gasteiger partial charge >= 0.3 is 0 Å². The van der Waals surface area contributed by atoms with E-state index in [1.54, 1.807) is 0 Å². The fraction of sp³-hybridized carbons (Fsp3) is 0.889. The highest BCUT2D eigenvalue weighted by Crippen LogP contribution is 2.38. The maximum atomic E-state index is 5.79. The lowest BCUT2D eigenvalue weighted by molar-refractivity contribution is 0.279. The average molecular weight is 186 g/mol. The molecule has 0 aliphatic heterocycles. The third kappa shape index (κ3) is 1.96. The molecule has 0 atom stereocenters. The predicted molar refractivity (Wildman–Crippen MR) is 56.2 cm³/mol. The van der Waals surface area contributed by atoms with Crippen LogP contribution in [-0.2, 0) is 0 Å². The molecular weight excluding hydrogens is 168 g/mol. The molecule has 0 heterocycles. The number of nitrogens with zero attached hydrogens (tertiary/aromatic N) is 1. The minimum atomic E-state index is 0.152. The van der Waals surface area contributed by atoms with Gasteiger partial charge in [0.05, 0.1) is 4.99 Å². The molecular formula is C9H18N2S. The summed E-state index contributed by atoms with van der Waals surface area (Å²) < 4.78 is 0. The van der Waals surface area contributed by atoms with Gasteiger partial charge in [-0.25, -0.2) is 0 Å². The van der Waals surface area contributed by atoms with Crippen molar-refractivity contribution in [2.45, 2.75) is 25.7 Å². The molecule has 2 N–H and O–H groups in total. The second-order valence-corrected chi connectivity index (χ2v) is 4.53. The van der Waals surface area contributed by atoms with Crippen molar-refractivity contribution in [1.82, 2.24) is 4.90 Å². The van der Waals surface area contributed by atoms with Crippen LogP contribution in [0, 0.1) is 5.41 Å². The summed E-state index contributed by atoms with van der Waals surface area (Å²) in [7, 11) is 4.16. The van der Waals surface area contributed by atoms with Gasteiger partial charge in [0, 0.05) is 12.0 Å². The number of rotatable bonds is 3. The van der Waals surface area contributed by atoms with Crippen LogP contribution in [-0.4, -0.2) is 30.5 Å². The zero-order valence-electron chi connectivity index (χ0n) is 7.97. The Morgan fingerprint density at radius 1 is 1.42 bits per heavy atom. The fourth-order valence-corrected chi connectivity index (χ4v) is 2.41. The number of hydrogen-bond donors (Lipinski definition) is 1. The molecule has 0 radical (unpaired) electrons. The van der Waals surface area contributed by atoms with Crippen LogP contribution in [0.5, 0.6) is 0 Å². The molecule has 2 nitrogen and oxygen atoms in total. The first-order chi connectivity index (χ1) is 5.57. The Balaban J connectivity index is 2.65. The summed E-state index contributed by atoms with van der Waals surface area (Å²) in [6.07, 6.45) is 4.93. The Bertz CT molecular complexity index is 171. The van der Waals surface area contributed by atoms with Gasteiger partial charge in [0.25, 0.3) is 0 Å². The second kappa shape index (κ2) is 3.71.